The number of anilines is 1. The highest BCUT2D eigenvalue weighted by Crippen LogP contribution is 2.29. The maximum atomic E-state index is 13.0. The van der Waals surface area contributed by atoms with E-state index in [1.165, 1.54) is 15.6 Å². The number of amides is 1. The number of hydrogen-bond acceptors (Lipinski definition) is 5. The van der Waals surface area contributed by atoms with E-state index in [1.807, 2.05) is 13.8 Å². The van der Waals surface area contributed by atoms with Gasteiger partial charge in [0.2, 0.25) is 10.0 Å². The number of nitrogens with one attached hydrogen (secondary N) is 1. The van der Waals surface area contributed by atoms with Crippen LogP contribution in [0.4, 0.5) is 5.13 Å². The Hall–Kier alpha value is -2.00. The van der Waals surface area contributed by atoms with Gasteiger partial charge in [0.15, 0.2) is 5.13 Å². The zero-order chi connectivity index (χ0) is 21.0. The summed E-state index contributed by atoms with van der Waals surface area (Å²) in [6, 6.07) is 11.4. The van der Waals surface area contributed by atoms with Crippen LogP contribution in [-0.4, -0.2) is 36.7 Å². The fourth-order valence-corrected chi connectivity index (χ4v) is 5.64. The molecule has 0 saturated heterocycles. The summed E-state index contributed by atoms with van der Waals surface area (Å²) in [5.74, 6) is -0.300. The number of thiazole rings is 1. The third-order valence-corrected chi connectivity index (χ3v) is 7.35. The standard InChI is InChI=1S/C20H22ClN3O3S2/c1-3-11-24(12-4-2)29(26,27)16-9-10-17-18(13-16)28-20(22-17)23-19(25)14-5-7-15(21)8-6-14/h5-10,13H,3-4,11-12H2,1-2H3,(H,22,23,25). The Morgan fingerprint density at radius 3 is 2.38 bits per heavy atom. The van der Waals surface area contributed by atoms with Gasteiger partial charge in [0.05, 0.1) is 15.1 Å². The van der Waals surface area contributed by atoms with E-state index < -0.39 is 10.0 Å². The molecule has 0 aliphatic carbocycles. The quantitative estimate of drug-likeness (QED) is 0.521. The lowest BCUT2D eigenvalue weighted by Gasteiger charge is -2.20. The number of carbonyl (C=O) groups is 1. The van der Waals surface area contributed by atoms with E-state index in [-0.39, 0.29) is 10.8 Å². The number of benzene rings is 2. The Morgan fingerprint density at radius 1 is 1.10 bits per heavy atom. The number of rotatable bonds is 8. The second-order valence-electron chi connectivity index (χ2n) is 6.51. The van der Waals surface area contributed by atoms with E-state index in [4.69, 9.17) is 11.6 Å². The molecule has 154 valence electrons. The fraction of sp³-hybridized carbons (Fsp3) is 0.300. The monoisotopic (exact) mass is 451 g/mol. The van der Waals surface area contributed by atoms with Crippen molar-refractivity contribution in [2.75, 3.05) is 18.4 Å². The molecular weight excluding hydrogens is 430 g/mol. The molecule has 0 atom stereocenters. The summed E-state index contributed by atoms with van der Waals surface area (Å²) in [4.78, 5) is 17.0. The minimum absolute atomic E-state index is 0.242. The Kier molecular flexibility index (Phi) is 6.89. The molecule has 3 aromatic rings. The summed E-state index contributed by atoms with van der Waals surface area (Å²) >= 11 is 7.09. The zero-order valence-electron chi connectivity index (χ0n) is 16.2. The number of hydrogen-bond donors (Lipinski definition) is 1. The summed E-state index contributed by atoms with van der Waals surface area (Å²) in [5.41, 5.74) is 1.10. The summed E-state index contributed by atoms with van der Waals surface area (Å²) in [7, 11) is -3.57. The molecule has 0 bridgehead atoms. The predicted molar refractivity (Wildman–Crippen MR) is 118 cm³/mol. The summed E-state index contributed by atoms with van der Waals surface area (Å²) in [6.45, 7) is 4.89. The van der Waals surface area contributed by atoms with Gasteiger partial charge in [-0.15, -0.1) is 0 Å². The lowest BCUT2D eigenvalue weighted by molar-refractivity contribution is 0.102. The first kappa shape index (κ1) is 21.7. The summed E-state index contributed by atoms with van der Waals surface area (Å²) < 4.78 is 28.2. The smallest absolute Gasteiger partial charge is 0.257 e. The van der Waals surface area contributed by atoms with Gasteiger partial charge in [-0.2, -0.15) is 4.31 Å². The average molecular weight is 452 g/mol. The molecule has 0 saturated carbocycles. The predicted octanol–water partition coefficient (Wildman–Crippen LogP) is 5.01. The van der Waals surface area contributed by atoms with Crippen LogP contribution in [0.15, 0.2) is 47.4 Å². The molecule has 1 N–H and O–H groups in total. The molecule has 1 amide bonds. The molecule has 0 aliphatic heterocycles. The van der Waals surface area contributed by atoms with Crippen molar-refractivity contribution >= 4 is 54.2 Å². The maximum absolute atomic E-state index is 13.0. The van der Waals surface area contributed by atoms with E-state index >= 15 is 0 Å². The molecule has 0 unspecified atom stereocenters. The van der Waals surface area contributed by atoms with Gasteiger partial charge in [0, 0.05) is 23.7 Å². The molecule has 0 radical (unpaired) electrons. The Labute approximate surface area is 179 Å². The summed E-state index contributed by atoms with van der Waals surface area (Å²) in [6.07, 6.45) is 1.51. The SMILES string of the molecule is CCCN(CCC)S(=O)(=O)c1ccc2nc(NC(=O)c3ccc(Cl)cc3)sc2c1. The van der Waals surface area contributed by atoms with Crippen molar-refractivity contribution in [1.29, 1.82) is 0 Å². The molecule has 2 aromatic carbocycles. The van der Waals surface area contributed by atoms with Crippen LogP contribution >= 0.6 is 22.9 Å². The minimum atomic E-state index is -3.57. The van der Waals surface area contributed by atoms with Crippen molar-refractivity contribution in [1.82, 2.24) is 9.29 Å². The maximum Gasteiger partial charge on any atom is 0.257 e. The summed E-state index contributed by atoms with van der Waals surface area (Å²) in [5, 5.41) is 3.72. The minimum Gasteiger partial charge on any atom is -0.298 e. The normalized spacial score (nSPS) is 11.9. The van der Waals surface area contributed by atoms with Crippen LogP contribution in [0.1, 0.15) is 37.0 Å². The topological polar surface area (TPSA) is 79.4 Å². The zero-order valence-corrected chi connectivity index (χ0v) is 18.6. The second-order valence-corrected chi connectivity index (χ2v) is 9.92. The van der Waals surface area contributed by atoms with Crippen molar-refractivity contribution in [2.24, 2.45) is 0 Å². The Bertz CT molecular complexity index is 1110. The number of carbonyl (C=O) groups excluding carboxylic acids is 1. The largest absolute Gasteiger partial charge is 0.298 e. The van der Waals surface area contributed by atoms with Crippen molar-refractivity contribution in [3.63, 3.8) is 0 Å². The Morgan fingerprint density at radius 2 is 1.76 bits per heavy atom. The fourth-order valence-electron chi connectivity index (χ4n) is 2.89. The van der Waals surface area contributed by atoms with E-state index in [0.29, 0.717) is 39.0 Å². The van der Waals surface area contributed by atoms with Crippen molar-refractivity contribution in [2.45, 2.75) is 31.6 Å². The molecule has 6 nitrogen and oxygen atoms in total. The van der Waals surface area contributed by atoms with Crippen LogP contribution in [-0.2, 0) is 10.0 Å². The lowest BCUT2D eigenvalue weighted by Crippen LogP contribution is -2.32. The average Bonchev–Trinajstić information content (AvgIpc) is 3.09. The van der Waals surface area contributed by atoms with Crippen molar-refractivity contribution in [3.8, 4) is 0 Å². The molecule has 0 spiro atoms. The highest BCUT2D eigenvalue weighted by molar-refractivity contribution is 7.89. The van der Waals surface area contributed by atoms with Gasteiger partial charge < -0.3 is 0 Å². The van der Waals surface area contributed by atoms with Crippen LogP contribution in [0, 0.1) is 0 Å². The molecule has 1 heterocycles. The van der Waals surface area contributed by atoms with Crippen molar-refractivity contribution < 1.29 is 13.2 Å². The molecule has 0 fully saturated rings. The van der Waals surface area contributed by atoms with Gasteiger partial charge in [0.1, 0.15) is 0 Å². The van der Waals surface area contributed by atoms with Crippen LogP contribution in [0.5, 0.6) is 0 Å². The van der Waals surface area contributed by atoms with Gasteiger partial charge in [0.25, 0.3) is 5.91 Å². The van der Waals surface area contributed by atoms with Gasteiger partial charge in [-0.1, -0.05) is 36.8 Å². The molecule has 9 heteroatoms. The first-order valence-corrected chi connectivity index (χ1v) is 12.0. The number of aromatic nitrogens is 1. The first-order chi connectivity index (χ1) is 13.8. The second kappa shape index (κ2) is 9.21. The van der Waals surface area contributed by atoms with Crippen LogP contribution in [0.25, 0.3) is 10.2 Å². The van der Waals surface area contributed by atoms with Gasteiger partial charge >= 0.3 is 0 Å². The number of sulfonamides is 1. The van der Waals surface area contributed by atoms with Crippen LogP contribution in [0.3, 0.4) is 0 Å². The highest BCUT2D eigenvalue weighted by atomic mass is 35.5. The lowest BCUT2D eigenvalue weighted by atomic mass is 10.2. The third kappa shape index (κ3) is 4.95. The van der Waals surface area contributed by atoms with Crippen molar-refractivity contribution in [3.05, 3.63) is 53.1 Å². The van der Waals surface area contributed by atoms with Gasteiger partial charge in [-0.3, -0.25) is 10.1 Å². The third-order valence-electron chi connectivity index (χ3n) is 4.27. The van der Waals surface area contributed by atoms with E-state index in [0.717, 1.165) is 12.8 Å². The first-order valence-electron chi connectivity index (χ1n) is 9.32. The number of fused-ring (bicyclic) bond motifs is 1. The number of nitrogens with zero attached hydrogens (tertiary/aromatic N) is 2. The number of halogens is 1. The Balaban J connectivity index is 1.86. The van der Waals surface area contributed by atoms with E-state index in [1.54, 1.807) is 42.5 Å². The molecule has 0 aliphatic rings. The van der Waals surface area contributed by atoms with E-state index in [2.05, 4.69) is 10.3 Å². The van der Waals surface area contributed by atoms with E-state index in [9.17, 15) is 13.2 Å². The van der Waals surface area contributed by atoms with Crippen LogP contribution in [0.2, 0.25) is 5.02 Å². The molecule has 3 rings (SSSR count). The molecular formula is C20H22ClN3O3S2. The molecule has 1 aromatic heterocycles. The van der Waals surface area contributed by atoms with Gasteiger partial charge in [-0.05, 0) is 55.3 Å². The molecule has 29 heavy (non-hydrogen) atoms. The van der Waals surface area contributed by atoms with Gasteiger partial charge in [-0.25, -0.2) is 13.4 Å². The highest BCUT2D eigenvalue weighted by Gasteiger charge is 2.24. The van der Waals surface area contributed by atoms with Crippen LogP contribution < -0.4 is 5.32 Å².